The van der Waals surface area contributed by atoms with Crippen molar-refractivity contribution in [1.29, 1.82) is 0 Å². The minimum Gasteiger partial charge on any atom is -0.451 e. The van der Waals surface area contributed by atoms with Gasteiger partial charge in [0.1, 0.15) is 11.0 Å². The van der Waals surface area contributed by atoms with Gasteiger partial charge in [0.25, 0.3) is 0 Å². The van der Waals surface area contributed by atoms with E-state index in [9.17, 15) is 0 Å². The maximum atomic E-state index is 6.28. The number of rotatable bonds is 2. The van der Waals surface area contributed by atoms with Gasteiger partial charge < -0.3 is 4.42 Å². The van der Waals surface area contributed by atoms with E-state index in [4.69, 9.17) is 14.4 Å². The average Bonchev–Trinajstić information content (AvgIpc) is 3.06. The smallest absolute Gasteiger partial charge is 0.162 e. The summed E-state index contributed by atoms with van der Waals surface area (Å²) in [6.45, 7) is 0. The summed E-state index contributed by atoms with van der Waals surface area (Å²) in [7, 11) is 0. The summed E-state index contributed by atoms with van der Waals surface area (Å²) in [5, 5.41) is 0. The number of para-hydroxylation sites is 2. The first-order valence-corrected chi connectivity index (χ1v) is 8.20. The summed E-state index contributed by atoms with van der Waals surface area (Å²) in [5.41, 5.74) is 5.33. The van der Waals surface area contributed by atoms with Gasteiger partial charge in [0.05, 0.1) is 11.0 Å². The molecule has 3 heteroatoms. The van der Waals surface area contributed by atoms with Gasteiger partial charge in [-0.15, -0.1) is 0 Å². The maximum Gasteiger partial charge on any atom is 0.162 e. The molecule has 0 bridgehead atoms. The van der Waals surface area contributed by atoms with Crippen LogP contribution in [0.3, 0.4) is 0 Å². The van der Waals surface area contributed by atoms with Crippen molar-refractivity contribution in [2.45, 2.75) is 0 Å². The summed E-state index contributed by atoms with van der Waals surface area (Å²) in [5.74, 6) is 1.51. The molecule has 0 aliphatic carbocycles. The van der Waals surface area contributed by atoms with Crippen LogP contribution >= 0.6 is 0 Å². The fourth-order valence-corrected chi connectivity index (χ4v) is 3.09. The van der Waals surface area contributed by atoms with Crippen molar-refractivity contribution < 1.29 is 4.42 Å². The molecule has 118 valence electrons. The number of benzene rings is 3. The highest BCUT2D eigenvalue weighted by molar-refractivity contribution is 6.01. The zero-order valence-electron chi connectivity index (χ0n) is 13.4. The lowest BCUT2D eigenvalue weighted by molar-refractivity contribution is 0.601. The first kappa shape index (κ1) is 13.9. The SMILES string of the molecule is c1ccc(-c2oc(-c3ccccc3)c3nc4ccccc4nc23)cc1. The van der Waals surface area contributed by atoms with Crippen molar-refractivity contribution in [3.8, 4) is 22.6 Å². The quantitative estimate of drug-likeness (QED) is 0.418. The zero-order valence-corrected chi connectivity index (χ0v) is 13.4. The minimum atomic E-state index is 0.757. The van der Waals surface area contributed by atoms with Crippen LogP contribution in [0.2, 0.25) is 0 Å². The Morgan fingerprint density at radius 1 is 0.480 bits per heavy atom. The second kappa shape index (κ2) is 5.56. The fraction of sp³-hybridized carbons (Fsp3) is 0. The predicted octanol–water partition coefficient (Wildman–Crippen LogP) is 5.71. The lowest BCUT2D eigenvalue weighted by Gasteiger charge is -1.99. The highest BCUT2D eigenvalue weighted by Crippen LogP contribution is 2.37. The summed E-state index contributed by atoms with van der Waals surface area (Å²) in [6, 6.07) is 28.0. The average molecular weight is 322 g/mol. The van der Waals surface area contributed by atoms with Crippen LogP contribution in [0.15, 0.2) is 89.3 Å². The summed E-state index contributed by atoms with van der Waals surface area (Å²) < 4.78 is 6.28. The van der Waals surface area contributed by atoms with Crippen LogP contribution in [0, 0.1) is 0 Å². The maximum absolute atomic E-state index is 6.28. The molecule has 0 saturated heterocycles. The zero-order chi connectivity index (χ0) is 16.6. The van der Waals surface area contributed by atoms with E-state index < -0.39 is 0 Å². The molecule has 3 aromatic carbocycles. The molecule has 2 heterocycles. The number of aromatic nitrogens is 2. The normalized spacial score (nSPS) is 11.2. The molecule has 25 heavy (non-hydrogen) atoms. The van der Waals surface area contributed by atoms with Crippen molar-refractivity contribution in [3.63, 3.8) is 0 Å². The van der Waals surface area contributed by atoms with Gasteiger partial charge in [-0.25, -0.2) is 9.97 Å². The molecule has 0 aliphatic rings. The molecule has 0 atom stereocenters. The number of furan rings is 1. The largest absolute Gasteiger partial charge is 0.451 e. The highest BCUT2D eigenvalue weighted by Gasteiger charge is 2.19. The molecule has 0 unspecified atom stereocenters. The Hall–Kier alpha value is -3.46. The van der Waals surface area contributed by atoms with E-state index in [0.29, 0.717) is 0 Å². The Morgan fingerprint density at radius 3 is 1.32 bits per heavy atom. The van der Waals surface area contributed by atoms with Gasteiger partial charge >= 0.3 is 0 Å². The van der Waals surface area contributed by atoms with Crippen LogP contribution in [-0.4, -0.2) is 9.97 Å². The highest BCUT2D eigenvalue weighted by atomic mass is 16.3. The molecular formula is C22H14N2O. The molecule has 0 radical (unpaired) electrons. The number of hydrogen-bond acceptors (Lipinski definition) is 3. The summed E-state index contributed by atoms with van der Waals surface area (Å²) in [6.07, 6.45) is 0. The lowest BCUT2D eigenvalue weighted by atomic mass is 10.1. The fourth-order valence-electron chi connectivity index (χ4n) is 3.09. The Kier molecular flexibility index (Phi) is 3.10. The van der Waals surface area contributed by atoms with Crippen molar-refractivity contribution in [3.05, 3.63) is 84.9 Å². The van der Waals surface area contributed by atoms with E-state index in [2.05, 4.69) is 0 Å². The molecule has 0 amide bonds. The van der Waals surface area contributed by atoms with Crippen molar-refractivity contribution in [2.24, 2.45) is 0 Å². The second-order valence-electron chi connectivity index (χ2n) is 5.90. The monoisotopic (exact) mass is 322 g/mol. The van der Waals surface area contributed by atoms with E-state index >= 15 is 0 Å². The van der Waals surface area contributed by atoms with E-state index in [1.54, 1.807) is 0 Å². The standard InChI is InChI=1S/C22H14N2O/c1-3-9-15(10-4-1)21-19-20(22(25-21)16-11-5-2-6-12-16)24-18-14-8-7-13-17(18)23-19/h1-14H. The van der Waals surface area contributed by atoms with E-state index in [1.807, 2.05) is 84.9 Å². The lowest BCUT2D eigenvalue weighted by Crippen LogP contribution is -1.86. The van der Waals surface area contributed by atoms with E-state index in [-0.39, 0.29) is 0 Å². The van der Waals surface area contributed by atoms with Crippen LogP contribution in [0.25, 0.3) is 44.7 Å². The topological polar surface area (TPSA) is 38.9 Å². The molecule has 3 nitrogen and oxygen atoms in total. The molecule has 0 fully saturated rings. The van der Waals surface area contributed by atoms with Crippen molar-refractivity contribution in [2.75, 3.05) is 0 Å². The van der Waals surface area contributed by atoms with Gasteiger partial charge in [0, 0.05) is 11.1 Å². The van der Waals surface area contributed by atoms with Gasteiger partial charge in [-0.3, -0.25) is 0 Å². The third-order valence-corrected chi connectivity index (χ3v) is 4.28. The van der Waals surface area contributed by atoms with Crippen LogP contribution < -0.4 is 0 Å². The molecule has 2 aromatic heterocycles. The van der Waals surface area contributed by atoms with Crippen LogP contribution in [-0.2, 0) is 0 Å². The Balaban J connectivity index is 1.89. The Bertz CT molecular complexity index is 1090. The molecular weight excluding hydrogens is 308 g/mol. The third kappa shape index (κ3) is 2.29. The third-order valence-electron chi connectivity index (χ3n) is 4.28. The first-order valence-electron chi connectivity index (χ1n) is 8.20. The van der Waals surface area contributed by atoms with Gasteiger partial charge in [-0.1, -0.05) is 72.8 Å². The van der Waals surface area contributed by atoms with Crippen molar-refractivity contribution in [1.82, 2.24) is 9.97 Å². The Labute approximate surface area is 144 Å². The van der Waals surface area contributed by atoms with Crippen LogP contribution in [0.4, 0.5) is 0 Å². The molecule has 0 aliphatic heterocycles. The summed E-state index contributed by atoms with van der Waals surface area (Å²) in [4.78, 5) is 9.69. The second-order valence-corrected chi connectivity index (χ2v) is 5.90. The first-order chi connectivity index (χ1) is 12.4. The molecule has 5 rings (SSSR count). The molecule has 0 spiro atoms. The predicted molar refractivity (Wildman–Crippen MR) is 100 cm³/mol. The van der Waals surface area contributed by atoms with Crippen LogP contribution in [0.1, 0.15) is 0 Å². The molecule has 5 aromatic rings. The number of hydrogen-bond donors (Lipinski definition) is 0. The minimum absolute atomic E-state index is 0.757. The van der Waals surface area contributed by atoms with E-state index in [1.165, 1.54) is 0 Å². The molecule has 0 N–H and O–H groups in total. The summed E-state index contributed by atoms with van der Waals surface area (Å²) >= 11 is 0. The Morgan fingerprint density at radius 2 is 0.880 bits per heavy atom. The molecule has 0 saturated carbocycles. The number of fused-ring (bicyclic) bond motifs is 2. The van der Waals surface area contributed by atoms with Gasteiger partial charge in [-0.05, 0) is 12.1 Å². The van der Waals surface area contributed by atoms with Gasteiger partial charge in [0.2, 0.25) is 0 Å². The van der Waals surface area contributed by atoms with Gasteiger partial charge in [-0.2, -0.15) is 0 Å². The van der Waals surface area contributed by atoms with E-state index in [0.717, 1.165) is 44.7 Å². The van der Waals surface area contributed by atoms with Crippen molar-refractivity contribution >= 4 is 22.1 Å². The van der Waals surface area contributed by atoms with Crippen LogP contribution in [0.5, 0.6) is 0 Å². The van der Waals surface area contributed by atoms with Gasteiger partial charge in [0.15, 0.2) is 11.5 Å². The number of nitrogens with zero attached hydrogens (tertiary/aromatic N) is 2.